The van der Waals surface area contributed by atoms with Gasteiger partial charge in [-0.2, -0.15) is 5.10 Å². The second kappa shape index (κ2) is 7.42. The predicted octanol–water partition coefficient (Wildman–Crippen LogP) is 3.84. The number of hydrogen-bond donors (Lipinski definition) is 2. The monoisotopic (exact) mass is 395 g/mol. The number of H-pyrrole nitrogens is 1. The maximum atomic E-state index is 12.5. The first-order valence-corrected chi connectivity index (χ1v) is 9.66. The molecule has 1 amide bonds. The Morgan fingerprint density at radius 3 is 2.93 bits per heavy atom. The van der Waals surface area contributed by atoms with Crippen molar-refractivity contribution in [3.05, 3.63) is 63.9 Å². The molecule has 8 heteroatoms. The molecule has 0 saturated heterocycles. The van der Waals surface area contributed by atoms with E-state index in [0.717, 1.165) is 26.4 Å². The van der Waals surface area contributed by atoms with Crippen molar-refractivity contribution in [2.45, 2.75) is 20.0 Å². The van der Waals surface area contributed by atoms with Crippen LogP contribution in [0.4, 0.5) is 0 Å². The Labute approximate surface area is 164 Å². The number of aryl methyl sites for hydroxylation is 1. The van der Waals surface area contributed by atoms with Gasteiger partial charge in [0.25, 0.3) is 0 Å². The summed E-state index contributed by atoms with van der Waals surface area (Å²) in [6, 6.07) is 15.9. The van der Waals surface area contributed by atoms with Gasteiger partial charge in [0, 0.05) is 5.56 Å². The average Bonchev–Trinajstić information content (AvgIpc) is 3.23. The number of thiazole rings is 1. The van der Waals surface area contributed by atoms with Gasteiger partial charge in [0.05, 0.1) is 16.8 Å². The third-order valence-corrected chi connectivity index (χ3v) is 5.46. The third kappa shape index (κ3) is 3.81. The van der Waals surface area contributed by atoms with Gasteiger partial charge in [-0.15, -0.1) is 11.3 Å². The zero-order chi connectivity index (χ0) is 18.8. The van der Waals surface area contributed by atoms with Crippen molar-refractivity contribution in [2.24, 2.45) is 0 Å². The summed E-state index contributed by atoms with van der Waals surface area (Å²) in [5.41, 5.74) is 2.99. The van der Waals surface area contributed by atoms with E-state index in [1.165, 1.54) is 0 Å². The van der Waals surface area contributed by atoms with E-state index >= 15 is 0 Å². The Balaban J connectivity index is 1.48. The molecule has 0 fully saturated rings. The number of carbonyl (C=O) groups is 1. The van der Waals surface area contributed by atoms with E-state index in [1.807, 2.05) is 55.5 Å². The van der Waals surface area contributed by atoms with E-state index in [-0.39, 0.29) is 12.5 Å². The van der Waals surface area contributed by atoms with Crippen LogP contribution >= 0.6 is 23.6 Å². The van der Waals surface area contributed by atoms with Crippen LogP contribution < -0.4 is 5.32 Å². The van der Waals surface area contributed by atoms with Crippen LogP contribution in [0.15, 0.2) is 48.5 Å². The Morgan fingerprint density at radius 2 is 2.11 bits per heavy atom. The summed E-state index contributed by atoms with van der Waals surface area (Å²) in [5, 5.41) is 10.9. The van der Waals surface area contributed by atoms with Gasteiger partial charge in [-0.1, -0.05) is 35.9 Å². The Kier molecular flexibility index (Phi) is 4.83. The first-order valence-electron chi connectivity index (χ1n) is 8.43. The van der Waals surface area contributed by atoms with Crippen molar-refractivity contribution in [2.75, 3.05) is 0 Å². The Morgan fingerprint density at radius 1 is 1.26 bits per heavy atom. The van der Waals surface area contributed by atoms with Crippen LogP contribution in [0.25, 0.3) is 21.6 Å². The highest BCUT2D eigenvalue weighted by molar-refractivity contribution is 7.71. The number of rotatable bonds is 5. The molecule has 27 heavy (non-hydrogen) atoms. The zero-order valence-corrected chi connectivity index (χ0v) is 16.2. The van der Waals surface area contributed by atoms with E-state index in [0.29, 0.717) is 17.1 Å². The van der Waals surface area contributed by atoms with Crippen LogP contribution in [0.1, 0.15) is 10.6 Å². The molecule has 2 N–H and O–H groups in total. The molecule has 0 aliphatic rings. The molecule has 0 unspecified atom stereocenters. The molecule has 0 spiro atoms. The number of aromatic amines is 1. The topological polar surface area (TPSA) is 75.6 Å². The SMILES string of the molecule is Cc1cccc(-c2n[nH]c(=S)n2CC(=O)NCc2nc3ccccc3s2)c1. The number of aromatic nitrogens is 4. The van der Waals surface area contributed by atoms with Crippen molar-refractivity contribution in [3.63, 3.8) is 0 Å². The van der Waals surface area contributed by atoms with Gasteiger partial charge in [-0.25, -0.2) is 4.98 Å². The van der Waals surface area contributed by atoms with Crippen molar-refractivity contribution < 1.29 is 4.79 Å². The standard InChI is InChI=1S/C19H17N5OS2/c1-12-5-4-6-13(9-12)18-22-23-19(26)24(18)11-16(25)20-10-17-21-14-7-2-3-8-15(14)27-17/h2-9H,10-11H2,1H3,(H,20,25)(H,23,26). The van der Waals surface area contributed by atoms with Gasteiger partial charge < -0.3 is 5.32 Å². The Hall–Kier alpha value is -2.84. The highest BCUT2D eigenvalue weighted by Gasteiger charge is 2.13. The minimum atomic E-state index is -0.138. The van der Waals surface area contributed by atoms with Gasteiger partial charge in [0.1, 0.15) is 11.6 Å². The fourth-order valence-electron chi connectivity index (χ4n) is 2.84. The van der Waals surface area contributed by atoms with Crippen LogP contribution in [0.3, 0.4) is 0 Å². The lowest BCUT2D eigenvalue weighted by molar-refractivity contribution is -0.121. The molecule has 0 atom stereocenters. The van der Waals surface area contributed by atoms with Crippen molar-refractivity contribution in [3.8, 4) is 11.4 Å². The smallest absolute Gasteiger partial charge is 0.240 e. The quantitative estimate of drug-likeness (QED) is 0.504. The van der Waals surface area contributed by atoms with Gasteiger partial charge in [0.2, 0.25) is 5.91 Å². The van der Waals surface area contributed by atoms with Gasteiger partial charge >= 0.3 is 0 Å². The first kappa shape index (κ1) is 17.6. The summed E-state index contributed by atoms with van der Waals surface area (Å²) in [6.45, 7) is 2.51. The lowest BCUT2D eigenvalue weighted by atomic mass is 10.1. The molecule has 6 nitrogen and oxygen atoms in total. The lowest BCUT2D eigenvalue weighted by Crippen LogP contribution is -2.27. The van der Waals surface area contributed by atoms with Gasteiger partial charge in [-0.05, 0) is 37.3 Å². The first-order chi connectivity index (χ1) is 13.1. The van der Waals surface area contributed by atoms with Crippen LogP contribution in [0.5, 0.6) is 0 Å². The number of benzene rings is 2. The highest BCUT2D eigenvalue weighted by Crippen LogP contribution is 2.21. The van der Waals surface area contributed by atoms with E-state index in [2.05, 4.69) is 20.5 Å². The largest absolute Gasteiger partial charge is 0.348 e. The summed E-state index contributed by atoms with van der Waals surface area (Å²) in [4.78, 5) is 17.0. The lowest BCUT2D eigenvalue weighted by Gasteiger charge is -2.08. The fraction of sp³-hybridized carbons (Fsp3) is 0.158. The molecule has 2 aromatic carbocycles. The number of hydrogen-bond acceptors (Lipinski definition) is 5. The molecule has 2 heterocycles. The predicted molar refractivity (Wildman–Crippen MR) is 109 cm³/mol. The van der Waals surface area contributed by atoms with E-state index in [1.54, 1.807) is 15.9 Å². The number of para-hydroxylation sites is 1. The molecule has 0 bridgehead atoms. The summed E-state index contributed by atoms with van der Waals surface area (Å²) in [6.07, 6.45) is 0. The number of amides is 1. The molecule has 0 aliphatic heterocycles. The molecule has 4 aromatic rings. The normalized spacial score (nSPS) is 11.0. The summed E-state index contributed by atoms with van der Waals surface area (Å²) in [7, 11) is 0. The highest BCUT2D eigenvalue weighted by atomic mass is 32.1. The second-order valence-electron chi connectivity index (χ2n) is 6.16. The van der Waals surface area contributed by atoms with Gasteiger partial charge in [-0.3, -0.25) is 14.5 Å². The molecule has 4 rings (SSSR count). The summed E-state index contributed by atoms with van der Waals surface area (Å²) < 4.78 is 3.24. The van der Waals surface area contributed by atoms with Crippen LogP contribution in [-0.2, 0) is 17.9 Å². The number of fused-ring (bicyclic) bond motifs is 1. The van der Waals surface area contributed by atoms with E-state index in [4.69, 9.17) is 12.2 Å². The Bertz CT molecular complexity index is 1140. The van der Waals surface area contributed by atoms with E-state index < -0.39 is 0 Å². The number of carbonyl (C=O) groups excluding carboxylic acids is 1. The van der Waals surface area contributed by atoms with Crippen LogP contribution in [0.2, 0.25) is 0 Å². The van der Waals surface area contributed by atoms with Crippen LogP contribution in [-0.4, -0.2) is 25.7 Å². The number of nitrogens with one attached hydrogen (secondary N) is 2. The van der Waals surface area contributed by atoms with Crippen molar-refractivity contribution in [1.29, 1.82) is 0 Å². The van der Waals surface area contributed by atoms with Crippen LogP contribution in [0, 0.1) is 11.7 Å². The number of nitrogens with zero attached hydrogens (tertiary/aromatic N) is 3. The van der Waals surface area contributed by atoms with Crippen molar-refractivity contribution in [1.82, 2.24) is 25.1 Å². The summed E-state index contributed by atoms with van der Waals surface area (Å²) in [5.74, 6) is 0.513. The van der Waals surface area contributed by atoms with Crippen molar-refractivity contribution >= 4 is 39.7 Å². The molecule has 2 aromatic heterocycles. The molecule has 0 saturated carbocycles. The average molecular weight is 396 g/mol. The zero-order valence-electron chi connectivity index (χ0n) is 14.6. The minimum absolute atomic E-state index is 0.101. The molecule has 0 radical (unpaired) electrons. The third-order valence-electron chi connectivity index (χ3n) is 4.11. The molecule has 136 valence electrons. The molecular formula is C19H17N5OS2. The second-order valence-corrected chi connectivity index (χ2v) is 7.66. The fourth-order valence-corrected chi connectivity index (χ4v) is 3.94. The minimum Gasteiger partial charge on any atom is -0.348 e. The molecular weight excluding hydrogens is 378 g/mol. The summed E-state index contributed by atoms with van der Waals surface area (Å²) >= 11 is 6.88. The van der Waals surface area contributed by atoms with E-state index in [9.17, 15) is 4.79 Å². The maximum Gasteiger partial charge on any atom is 0.240 e. The maximum absolute atomic E-state index is 12.5. The van der Waals surface area contributed by atoms with Gasteiger partial charge in [0.15, 0.2) is 10.6 Å². The molecule has 0 aliphatic carbocycles.